The first-order valence-electron chi connectivity index (χ1n) is 18.7. The topological polar surface area (TPSA) is 61.4 Å². The molecule has 10 aromatic rings. The molecule has 55 heavy (non-hydrogen) atoms. The maximum Gasteiger partial charge on any atom is 0.238 e. The van der Waals surface area contributed by atoms with E-state index in [0.717, 1.165) is 44.4 Å². The highest BCUT2D eigenvalue weighted by atomic mass is 15.2. The first kappa shape index (κ1) is 31.4. The van der Waals surface area contributed by atoms with Crippen molar-refractivity contribution >= 4 is 32.7 Å². The molecule has 0 fully saturated rings. The number of aromatic nitrogens is 6. The first-order valence-corrected chi connectivity index (χ1v) is 18.7. The largest absolute Gasteiger partial charge is 0.309 e. The van der Waals surface area contributed by atoms with Gasteiger partial charge < -0.3 is 4.57 Å². The molecule has 4 aromatic heterocycles. The lowest BCUT2D eigenvalue weighted by Gasteiger charge is -2.21. The Morgan fingerprint density at radius 2 is 1.09 bits per heavy atom. The molecule has 6 nitrogen and oxygen atoms in total. The Labute approximate surface area is 318 Å². The van der Waals surface area contributed by atoms with Crippen LogP contribution in [0.5, 0.6) is 0 Å². The van der Waals surface area contributed by atoms with E-state index in [1.165, 1.54) is 38.7 Å². The third kappa shape index (κ3) is 4.68. The van der Waals surface area contributed by atoms with Crippen LogP contribution in [-0.4, -0.2) is 29.1 Å². The Bertz CT molecular complexity index is 3030. The number of rotatable bonds is 5. The van der Waals surface area contributed by atoms with E-state index in [1.807, 2.05) is 54.9 Å². The lowest BCUT2D eigenvalue weighted by Crippen LogP contribution is -2.14. The van der Waals surface area contributed by atoms with Crippen LogP contribution in [0.3, 0.4) is 0 Å². The van der Waals surface area contributed by atoms with Crippen LogP contribution in [0.2, 0.25) is 0 Å². The summed E-state index contributed by atoms with van der Waals surface area (Å²) in [6.45, 7) is 4.74. The predicted octanol–water partition coefficient (Wildman–Crippen LogP) is 11.6. The summed E-state index contributed by atoms with van der Waals surface area (Å²) in [6.07, 6.45) is 3.76. The normalized spacial score (nSPS) is 13.1. The number of benzene rings is 6. The summed E-state index contributed by atoms with van der Waals surface area (Å²) in [4.78, 5) is 20.0. The molecule has 0 unspecified atom stereocenters. The number of hydrogen-bond acceptors (Lipinski definition) is 4. The van der Waals surface area contributed by atoms with Gasteiger partial charge in [-0.1, -0.05) is 129 Å². The van der Waals surface area contributed by atoms with Crippen LogP contribution in [0.25, 0.3) is 89.5 Å². The van der Waals surface area contributed by atoms with E-state index in [9.17, 15) is 0 Å². The maximum atomic E-state index is 5.24. The van der Waals surface area contributed by atoms with E-state index in [0.29, 0.717) is 17.6 Å². The van der Waals surface area contributed by atoms with Gasteiger partial charge in [0, 0.05) is 61.9 Å². The average molecular weight is 707 g/mol. The predicted molar refractivity (Wildman–Crippen MR) is 223 cm³/mol. The molecule has 260 valence electrons. The molecule has 6 heteroatoms. The van der Waals surface area contributed by atoms with Gasteiger partial charge in [-0.2, -0.15) is 9.97 Å². The van der Waals surface area contributed by atoms with Crippen LogP contribution in [0.4, 0.5) is 0 Å². The van der Waals surface area contributed by atoms with Gasteiger partial charge in [0.1, 0.15) is 0 Å². The number of para-hydroxylation sites is 1. The van der Waals surface area contributed by atoms with E-state index < -0.39 is 0 Å². The fourth-order valence-corrected chi connectivity index (χ4v) is 8.79. The molecule has 0 saturated heterocycles. The molecular formula is C49H34N6. The lowest BCUT2D eigenvalue weighted by atomic mass is 9.81. The van der Waals surface area contributed by atoms with Crippen LogP contribution in [-0.2, 0) is 5.41 Å². The van der Waals surface area contributed by atoms with Crippen molar-refractivity contribution in [1.29, 1.82) is 0 Å². The second-order valence-corrected chi connectivity index (χ2v) is 14.7. The van der Waals surface area contributed by atoms with Crippen molar-refractivity contribution in [1.82, 2.24) is 29.1 Å². The van der Waals surface area contributed by atoms with E-state index >= 15 is 0 Å². The summed E-state index contributed by atoms with van der Waals surface area (Å²) in [7, 11) is 0. The highest BCUT2D eigenvalue weighted by Gasteiger charge is 2.41. The smallest absolute Gasteiger partial charge is 0.238 e. The fourth-order valence-electron chi connectivity index (χ4n) is 8.79. The van der Waals surface area contributed by atoms with E-state index in [4.69, 9.17) is 15.0 Å². The highest BCUT2D eigenvalue weighted by Crippen LogP contribution is 2.56. The summed E-state index contributed by atoms with van der Waals surface area (Å²) >= 11 is 0. The Morgan fingerprint density at radius 1 is 0.491 bits per heavy atom. The third-order valence-corrected chi connectivity index (χ3v) is 11.2. The van der Waals surface area contributed by atoms with Crippen LogP contribution in [0.15, 0.2) is 170 Å². The van der Waals surface area contributed by atoms with Gasteiger partial charge >= 0.3 is 0 Å². The molecule has 0 saturated carbocycles. The van der Waals surface area contributed by atoms with Crippen molar-refractivity contribution in [3.63, 3.8) is 0 Å². The zero-order chi connectivity index (χ0) is 36.7. The molecule has 0 bridgehead atoms. The van der Waals surface area contributed by atoms with Gasteiger partial charge in [-0.25, -0.2) is 4.98 Å². The monoisotopic (exact) mass is 706 g/mol. The van der Waals surface area contributed by atoms with Gasteiger partial charge in [0.15, 0.2) is 11.6 Å². The first-order chi connectivity index (χ1) is 27.1. The van der Waals surface area contributed by atoms with Crippen LogP contribution >= 0.6 is 0 Å². The molecule has 0 amide bonds. The molecule has 0 atom stereocenters. The standard InChI is InChI=1S/C49H34N6/c1-49(2)38-23-13-12-22-36(38)45-44(49)43-41(54(45)35-20-10-5-11-21-35)27-26-40-42(43)37-29-33(34-19-14-28-50-30-34)24-25-39(37)55(40)48-52-46(31-15-6-3-7-16-31)51-47(53-48)32-17-8-4-9-18-32/h3-30H,1-2H3. The highest BCUT2D eigenvalue weighted by molar-refractivity contribution is 6.24. The Morgan fingerprint density at radius 3 is 1.76 bits per heavy atom. The van der Waals surface area contributed by atoms with Crippen LogP contribution in [0, 0.1) is 0 Å². The SMILES string of the molecule is CC1(C)c2ccccc2-c2c1c1c3c4cc(-c5cccnc5)ccc4n(-c4nc(-c5ccccc5)nc(-c5ccccc5)n4)c3ccc1n2-c1ccccc1. The van der Waals surface area contributed by atoms with Gasteiger partial charge in [0.25, 0.3) is 0 Å². The molecule has 0 N–H and O–H groups in total. The maximum absolute atomic E-state index is 5.24. The molecule has 1 aliphatic carbocycles. The second kappa shape index (κ2) is 11.9. The Hall–Kier alpha value is -7.18. The van der Waals surface area contributed by atoms with Crippen molar-refractivity contribution < 1.29 is 0 Å². The number of nitrogens with zero attached hydrogens (tertiary/aromatic N) is 6. The summed E-state index contributed by atoms with van der Waals surface area (Å²) in [5.41, 5.74) is 13.3. The van der Waals surface area contributed by atoms with Gasteiger partial charge in [-0.05, 0) is 59.2 Å². The molecular weight excluding hydrogens is 673 g/mol. The van der Waals surface area contributed by atoms with Crippen molar-refractivity contribution in [2.24, 2.45) is 0 Å². The van der Waals surface area contributed by atoms with Crippen molar-refractivity contribution in [3.8, 4) is 56.8 Å². The summed E-state index contributed by atoms with van der Waals surface area (Å²) in [5, 5.41) is 3.54. The van der Waals surface area contributed by atoms with Crippen LogP contribution in [0.1, 0.15) is 25.0 Å². The van der Waals surface area contributed by atoms with Gasteiger partial charge in [-0.15, -0.1) is 0 Å². The molecule has 11 rings (SSSR count). The number of fused-ring (bicyclic) bond motifs is 9. The van der Waals surface area contributed by atoms with Crippen molar-refractivity contribution in [2.75, 3.05) is 0 Å². The minimum atomic E-state index is -0.262. The fraction of sp³-hybridized carbons (Fsp3) is 0.0612. The van der Waals surface area contributed by atoms with Crippen LogP contribution < -0.4 is 0 Å². The third-order valence-electron chi connectivity index (χ3n) is 11.2. The molecule has 6 aromatic carbocycles. The minimum Gasteiger partial charge on any atom is -0.309 e. The van der Waals surface area contributed by atoms with E-state index in [2.05, 4.69) is 143 Å². The molecule has 1 aliphatic rings. The lowest BCUT2D eigenvalue weighted by molar-refractivity contribution is 0.666. The molecule has 0 spiro atoms. The van der Waals surface area contributed by atoms with Gasteiger partial charge in [0.05, 0.1) is 22.2 Å². The van der Waals surface area contributed by atoms with E-state index in [1.54, 1.807) is 0 Å². The Kier molecular flexibility index (Phi) is 6.79. The minimum absolute atomic E-state index is 0.262. The average Bonchev–Trinajstić information content (AvgIpc) is 3.85. The molecule has 4 heterocycles. The van der Waals surface area contributed by atoms with Gasteiger partial charge in [-0.3, -0.25) is 9.55 Å². The molecule has 0 aliphatic heterocycles. The second-order valence-electron chi connectivity index (χ2n) is 14.7. The summed E-state index contributed by atoms with van der Waals surface area (Å²) in [6, 6.07) is 55.4. The summed E-state index contributed by atoms with van der Waals surface area (Å²) < 4.78 is 4.70. The zero-order valence-electron chi connectivity index (χ0n) is 30.3. The summed E-state index contributed by atoms with van der Waals surface area (Å²) in [5.74, 6) is 1.82. The Balaban J connectivity index is 1.31. The zero-order valence-corrected chi connectivity index (χ0v) is 30.3. The quantitative estimate of drug-likeness (QED) is 0.179. The van der Waals surface area contributed by atoms with E-state index in [-0.39, 0.29) is 5.41 Å². The van der Waals surface area contributed by atoms with Crippen molar-refractivity contribution in [3.05, 3.63) is 181 Å². The molecule has 0 radical (unpaired) electrons. The van der Waals surface area contributed by atoms with Gasteiger partial charge in [0.2, 0.25) is 5.95 Å². The number of pyridine rings is 1. The van der Waals surface area contributed by atoms with Crippen molar-refractivity contribution in [2.45, 2.75) is 19.3 Å². The number of hydrogen-bond donors (Lipinski definition) is 0.